The first kappa shape index (κ1) is 13.9. The SMILES string of the molecule is O=C1CSC(c2ccc(F)c(F)c2)N1c1ccc(O)cc1. The number of hydrogen-bond donors (Lipinski definition) is 1. The van der Waals surface area contributed by atoms with Crippen LogP contribution in [0.4, 0.5) is 14.5 Å². The molecule has 1 saturated heterocycles. The van der Waals surface area contributed by atoms with Crippen LogP contribution in [-0.2, 0) is 4.79 Å². The van der Waals surface area contributed by atoms with E-state index in [0.29, 0.717) is 11.3 Å². The molecule has 3 nitrogen and oxygen atoms in total. The largest absolute Gasteiger partial charge is 0.508 e. The lowest BCUT2D eigenvalue weighted by molar-refractivity contribution is -0.115. The summed E-state index contributed by atoms with van der Waals surface area (Å²) in [5.74, 6) is -1.59. The van der Waals surface area contributed by atoms with Crippen molar-refractivity contribution in [3.8, 4) is 5.75 Å². The number of phenols is 1. The maximum Gasteiger partial charge on any atom is 0.238 e. The first-order chi connectivity index (χ1) is 10.1. The van der Waals surface area contributed by atoms with Crippen LogP contribution in [0.1, 0.15) is 10.9 Å². The van der Waals surface area contributed by atoms with Gasteiger partial charge in [0.2, 0.25) is 5.91 Å². The number of carbonyl (C=O) groups is 1. The van der Waals surface area contributed by atoms with Crippen molar-refractivity contribution in [2.24, 2.45) is 0 Å². The highest BCUT2D eigenvalue weighted by molar-refractivity contribution is 8.00. The number of amides is 1. The Labute approximate surface area is 124 Å². The van der Waals surface area contributed by atoms with Crippen molar-refractivity contribution in [3.05, 3.63) is 59.7 Å². The van der Waals surface area contributed by atoms with Crippen molar-refractivity contribution in [2.75, 3.05) is 10.7 Å². The number of thioether (sulfide) groups is 1. The van der Waals surface area contributed by atoms with E-state index in [1.54, 1.807) is 12.1 Å². The van der Waals surface area contributed by atoms with Gasteiger partial charge in [-0.05, 0) is 42.0 Å². The van der Waals surface area contributed by atoms with Gasteiger partial charge in [0.15, 0.2) is 11.6 Å². The van der Waals surface area contributed by atoms with Gasteiger partial charge < -0.3 is 5.11 Å². The van der Waals surface area contributed by atoms with Gasteiger partial charge in [0.1, 0.15) is 11.1 Å². The normalized spacial score (nSPS) is 18.3. The summed E-state index contributed by atoms with van der Waals surface area (Å²) in [7, 11) is 0. The van der Waals surface area contributed by atoms with Crippen molar-refractivity contribution in [2.45, 2.75) is 5.37 Å². The molecule has 1 atom stereocenters. The van der Waals surface area contributed by atoms with Crippen molar-refractivity contribution in [3.63, 3.8) is 0 Å². The van der Waals surface area contributed by atoms with E-state index in [-0.39, 0.29) is 17.4 Å². The second kappa shape index (κ2) is 5.37. The van der Waals surface area contributed by atoms with Gasteiger partial charge in [-0.1, -0.05) is 6.07 Å². The molecule has 108 valence electrons. The van der Waals surface area contributed by atoms with E-state index < -0.39 is 17.0 Å². The van der Waals surface area contributed by atoms with E-state index in [4.69, 9.17) is 0 Å². The van der Waals surface area contributed by atoms with Crippen LogP contribution in [0.2, 0.25) is 0 Å². The molecule has 1 unspecified atom stereocenters. The molecule has 6 heteroatoms. The molecule has 1 aliphatic rings. The van der Waals surface area contributed by atoms with Crippen LogP contribution in [0.3, 0.4) is 0 Å². The van der Waals surface area contributed by atoms with E-state index >= 15 is 0 Å². The number of phenolic OH excluding ortho intramolecular Hbond substituents is 1. The van der Waals surface area contributed by atoms with Gasteiger partial charge >= 0.3 is 0 Å². The molecule has 0 spiro atoms. The van der Waals surface area contributed by atoms with E-state index in [2.05, 4.69) is 0 Å². The number of halogens is 2. The fourth-order valence-corrected chi connectivity index (χ4v) is 3.40. The average Bonchev–Trinajstić information content (AvgIpc) is 2.85. The summed E-state index contributed by atoms with van der Waals surface area (Å²) in [4.78, 5) is 13.6. The Morgan fingerprint density at radius 3 is 2.48 bits per heavy atom. The summed E-state index contributed by atoms with van der Waals surface area (Å²) >= 11 is 1.35. The monoisotopic (exact) mass is 307 g/mol. The van der Waals surface area contributed by atoms with Crippen LogP contribution in [0, 0.1) is 11.6 Å². The fourth-order valence-electron chi connectivity index (χ4n) is 2.23. The molecule has 1 fully saturated rings. The van der Waals surface area contributed by atoms with Gasteiger partial charge in [-0.15, -0.1) is 11.8 Å². The quantitative estimate of drug-likeness (QED) is 0.924. The predicted octanol–water partition coefficient (Wildman–Crippen LogP) is 3.45. The molecular weight excluding hydrogens is 296 g/mol. The third-order valence-corrected chi connectivity index (χ3v) is 4.44. The van der Waals surface area contributed by atoms with Gasteiger partial charge in [0.05, 0.1) is 5.75 Å². The second-order valence-corrected chi connectivity index (χ2v) is 5.69. The number of anilines is 1. The Hall–Kier alpha value is -2.08. The number of aromatic hydroxyl groups is 1. The molecule has 1 amide bonds. The highest BCUT2D eigenvalue weighted by Crippen LogP contribution is 2.42. The van der Waals surface area contributed by atoms with E-state index in [1.165, 1.54) is 34.9 Å². The number of nitrogens with zero attached hydrogens (tertiary/aromatic N) is 1. The first-order valence-corrected chi connectivity index (χ1v) is 7.29. The van der Waals surface area contributed by atoms with E-state index in [1.807, 2.05) is 0 Å². The van der Waals surface area contributed by atoms with Crippen molar-refractivity contribution in [1.82, 2.24) is 0 Å². The maximum atomic E-state index is 13.4. The third-order valence-electron chi connectivity index (χ3n) is 3.22. The molecule has 21 heavy (non-hydrogen) atoms. The predicted molar refractivity (Wildman–Crippen MR) is 77.1 cm³/mol. The molecule has 0 aliphatic carbocycles. The number of hydrogen-bond acceptors (Lipinski definition) is 3. The highest BCUT2D eigenvalue weighted by Gasteiger charge is 2.34. The molecule has 3 rings (SSSR count). The molecule has 1 heterocycles. The van der Waals surface area contributed by atoms with E-state index in [0.717, 1.165) is 12.1 Å². The Morgan fingerprint density at radius 1 is 1.10 bits per heavy atom. The number of benzene rings is 2. The Bertz CT molecular complexity index is 691. The molecular formula is C15H11F2NO2S. The summed E-state index contributed by atoms with van der Waals surface area (Å²) in [6.07, 6.45) is 0. The van der Waals surface area contributed by atoms with Crippen molar-refractivity contribution in [1.29, 1.82) is 0 Å². The lowest BCUT2D eigenvalue weighted by Gasteiger charge is -2.24. The van der Waals surface area contributed by atoms with Crippen molar-refractivity contribution < 1.29 is 18.7 Å². The van der Waals surface area contributed by atoms with E-state index in [9.17, 15) is 18.7 Å². The minimum Gasteiger partial charge on any atom is -0.508 e. The molecule has 1 aliphatic heterocycles. The first-order valence-electron chi connectivity index (χ1n) is 6.24. The third kappa shape index (κ3) is 2.58. The lowest BCUT2D eigenvalue weighted by atomic mass is 10.1. The second-order valence-electron chi connectivity index (χ2n) is 4.62. The summed E-state index contributed by atoms with van der Waals surface area (Å²) in [5, 5.41) is 8.91. The van der Waals surface area contributed by atoms with Crippen molar-refractivity contribution >= 4 is 23.4 Å². The molecule has 2 aromatic rings. The number of rotatable bonds is 2. The van der Waals surface area contributed by atoms with Gasteiger partial charge in [0.25, 0.3) is 0 Å². The molecule has 0 aromatic heterocycles. The smallest absolute Gasteiger partial charge is 0.238 e. The summed E-state index contributed by atoms with van der Waals surface area (Å²) in [6.45, 7) is 0. The molecule has 1 N–H and O–H groups in total. The van der Waals surface area contributed by atoms with Gasteiger partial charge in [0, 0.05) is 5.69 Å². The Morgan fingerprint density at radius 2 is 1.81 bits per heavy atom. The minimum absolute atomic E-state index is 0.0995. The number of carbonyl (C=O) groups excluding carboxylic acids is 1. The standard InChI is InChI=1S/C15H11F2NO2S/c16-12-6-1-9(7-13(12)17)15-18(14(20)8-21-15)10-2-4-11(19)5-3-10/h1-7,15,19H,8H2. The lowest BCUT2D eigenvalue weighted by Crippen LogP contribution is -2.27. The van der Waals surface area contributed by atoms with Gasteiger partial charge in [-0.2, -0.15) is 0 Å². The molecule has 0 bridgehead atoms. The fraction of sp³-hybridized carbons (Fsp3) is 0.133. The van der Waals surface area contributed by atoms with Crippen LogP contribution in [0.15, 0.2) is 42.5 Å². The Balaban J connectivity index is 1.99. The summed E-state index contributed by atoms with van der Waals surface area (Å²) in [5.41, 5.74) is 1.13. The molecule has 2 aromatic carbocycles. The average molecular weight is 307 g/mol. The van der Waals surface area contributed by atoms with Crippen LogP contribution in [0.25, 0.3) is 0 Å². The Kier molecular flexibility index (Phi) is 3.55. The highest BCUT2D eigenvalue weighted by atomic mass is 32.2. The summed E-state index contributed by atoms with van der Waals surface area (Å²) in [6, 6.07) is 9.84. The summed E-state index contributed by atoms with van der Waals surface area (Å²) < 4.78 is 26.4. The van der Waals surface area contributed by atoms with Crippen LogP contribution >= 0.6 is 11.8 Å². The zero-order chi connectivity index (χ0) is 15.0. The molecule has 0 saturated carbocycles. The molecule has 0 radical (unpaired) electrons. The van der Waals surface area contributed by atoms with Gasteiger partial charge in [-0.25, -0.2) is 8.78 Å². The zero-order valence-electron chi connectivity index (χ0n) is 10.8. The van der Waals surface area contributed by atoms with Crippen LogP contribution in [-0.4, -0.2) is 16.8 Å². The van der Waals surface area contributed by atoms with Crippen LogP contribution < -0.4 is 4.90 Å². The van der Waals surface area contributed by atoms with Crippen LogP contribution in [0.5, 0.6) is 5.75 Å². The minimum atomic E-state index is -0.932. The van der Waals surface area contributed by atoms with Gasteiger partial charge in [-0.3, -0.25) is 9.69 Å². The topological polar surface area (TPSA) is 40.5 Å². The zero-order valence-corrected chi connectivity index (χ0v) is 11.6. The maximum absolute atomic E-state index is 13.4.